The van der Waals surface area contributed by atoms with Crippen LogP contribution in [-0.4, -0.2) is 23.1 Å². The third kappa shape index (κ3) is 2.57. The number of nitrogens with two attached hydrogens (primary N) is 1. The Morgan fingerprint density at radius 3 is 3.00 bits per heavy atom. The average Bonchev–Trinajstić information content (AvgIpc) is 2.86. The van der Waals surface area contributed by atoms with Gasteiger partial charge in [-0.25, -0.2) is 0 Å². The van der Waals surface area contributed by atoms with Crippen LogP contribution in [-0.2, 0) is 6.61 Å². The molecule has 0 aliphatic carbocycles. The number of hydrogen-bond donors (Lipinski definition) is 2. The Balaban J connectivity index is 2.01. The molecule has 1 aromatic carbocycles. The van der Waals surface area contributed by atoms with Gasteiger partial charge in [-0.05, 0) is 12.1 Å². The third-order valence-electron chi connectivity index (χ3n) is 2.17. The van der Waals surface area contributed by atoms with Gasteiger partial charge in [0.25, 0.3) is 17.6 Å². The van der Waals surface area contributed by atoms with E-state index >= 15 is 0 Å². The molecular formula is C11H12N4O3. The number of rotatable bonds is 4. The van der Waals surface area contributed by atoms with Crippen LogP contribution in [0.15, 0.2) is 28.8 Å². The second kappa shape index (κ2) is 5.17. The lowest BCUT2D eigenvalue weighted by molar-refractivity contribution is 0.0950. The van der Waals surface area contributed by atoms with Gasteiger partial charge in [-0.15, -0.1) is 0 Å². The highest BCUT2D eigenvalue weighted by atomic mass is 16.5. The van der Waals surface area contributed by atoms with E-state index in [2.05, 4.69) is 15.5 Å². The number of nitrogen functional groups attached to an aromatic ring is 1. The summed E-state index contributed by atoms with van der Waals surface area (Å²) < 4.78 is 10.3. The number of ether oxygens (including phenoxy) is 1. The molecule has 3 N–H and O–H groups in total. The minimum Gasteiger partial charge on any atom is -0.482 e. The molecule has 0 aliphatic heterocycles. The molecule has 0 unspecified atom stereocenters. The molecule has 0 radical (unpaired) electrons. The lowest BCUT2D eigenvalue weighted by Crippen LogP contribution is -2.19. The quantitative estimate of drug-likeness (QED) is 0.767. The standard InChI is InChI=1S/C11H12N4O3/c1-13-11(16)10-14-9(18-15-10)6-17-8-5-3-2-4-7(8)12/h2-5H,6,12H2,1H3,(H,13,16). The molecule has 18 heavy (non-hydrogen) atoms. The predicted octanol–water partition coefficient (Wildman–Crippen LogP) is 0.590. The largest absolute Gasteiger partial charge is 0.482 e. The summed E-state index contributed by atoms with van der Waals surface area (Å²) in [6.45, 7) is 0.0538. The van der Waals surface area contributed by atoms with Gasteiger partial charge in [0.05, 0.1) is 5.69 Å². The van der Waals surface area contributed by atoms with Crippen molar-refractivity contribution in [2.45, 2.75) is 6.61 Å². The van der Waals surface area contributed by atoms with E-state index in [4.69, 9.17) is 15.0 Å². The van der Waals surface area contributed by atoms with Crippen molar-refractivity contribution < 1.29 is 14.1 Å². The number of nitrogens with one attached hydrogen (secondary N) is 1. The van der Waals surface area contributed by atoms with Gasteiger partial charge in [-0.3, -0.25) is 4.79 Å². The van der Waals surface area contributed by atoms with Crippen LogP contribution in [0.25, 0.3) is 0 Å². The van der Waals surface area contributed by atoms with E-state index in [0.717, 1.165) is 0 Å². The van der Waals surface area contributed by atoms with Gasteiger partial charge in [0, 0.05) is 7.05 Å². The van der Waals surface area contributed by atoms with Crippen molar-refractivity contribution in [3.63, 3.8) is 0 Å². The van der Waals surface area contributed by atoms with Crippen molar-refractivity contribution in [3.8, 4) is 5.75 Å². The molecule has 0 bridgehead atoms. The van der Waals surface area contributed by atoms with Crippen LogP contribution in [0.3, 0.4) is 0 Å². The predicted molar refractivity (Wildman–Crippen MR) is 62.9 cm³/mol. The number of amides is 1. The summed E-state index contributed by atoms with van der Waals surface area (Å²) in [4.78, 5) is 15.1. The van der Waals surface area contributed by atoms with Gasteiger partial charge >= 0.3 is 0 Å². The van der Waals surface area contributed by atoms with Gasteiger partial charge in [-0.2, -0.15) is 4.98 Å². The number of carbonyl (C=O) groups is 1. The van der Waals surface area contributed by atoms with E-state index in [1.165, 1.54) is 7.05 Å². The summed E-state index contributed by atoms with van der Waals surface area (Å²) >= 11 is 0. The lowest BCUT2D eigenvalue weighted by atomic mass is 10.3. The van der Waals surface area contributed by atoms with Gasteiger partial charge in [0.2, 0.25) is 0 Å². The molecule has 0 aliphatic rings. The normalized spacial score (nSPS) is 10.1. The van der Waals surface area contributed by atoms with Crippen LogP contribution in [0.4, 0.5) is 5.69 Å². The summed E-state index contributed by atoms with van der Waals surface area (Å²) in [5.41, 5.74) is 6.22. The highest BCUT2D eigenvalue weighted by Gasteiger charge is 2.13. The minimum absolute atomic E-state index is 0.0304. The smallest absolute Gasteiger partial charge is 0.292 e. The molecule has 1 aromatic heterocycles. The maximum Gasteiger partial charge on any atom is 0.292 e. The molecule has 0 saturated carbocycles. The molecule has 0 saturated heterocycles. The number of benzene rings is 1. The van der Waals surface area contributed by atoms with E-state index in [0.29, 0.717) is 11.4 Å². The average molecular weight is 248 g/mol. The first-order valence-electron chi connectivity index (χ1n) is 5.22. The van der Waals surface area contributed by atoms with Crippen LogP contribution >= 0.6 is 0 Å². The first kappa shape index (κ1) is 11.9. The van der Waals surface area contributed by atoms with Crippen molar-refractivity contribution in [3.05, 3.63) is 36.0 Å². The molecular weight excluding hydrogens is 236 g/mol. The first-order chi connectivity index (χ1) is 8.70. The SMILES string of the molecule is CNC(=O)c1noc(COc2ccccc2N)n1. The Bertz CT molecular complexity index is 553. The summed E-state index contributed by atoms with van der Waals surface area (Å²) in [5.74, 6) is 0.287. The van der Waals surface area contributed by atoms with Crippen molar-refractivity contribution in [1.29, 1.82) is 0 Å². The Morgan fingerprint density at radius 1 is 1.50 bits per heavy atom. The van der Waals surface area contributed by atoms with Crippen molar-refractivity contribution in [2.24, 2.45) is 0 Å². The van der Waals surface area contributed by atoms with E-state index < -0.39 is 5.91 Å². The van der Waals surface area contributed by atoms with Crippen LogP contribution in [0.2, 0.25) is 0 Å². The van der Waals surface area contributed by atoms with Crippen LogP contribution in [0, 0.1) is 0 Å². The number of hydrogen-bond acceptors (Lipinski definition) is 6. The monoisotopic (exact) mass is 248 g/mol. The molecule has 0 atom stereocenters. The van der Waals surface area contributed by atoms with Crippen molar-refractivity contribution in [2.75, 3.05) is 12.8 Å². The minimum atomic E-state index is -0.413. The molecule has 1 amide bonds. The van der Waals surface area contributed by atoms with Gasteiger partial charge in [-0.1, -0.05) is 17.3 Å². The second-order valence-electron chi connectivity index (χ2n) is 3.42. The second-order valence-corrected chi connectivity index (χ2v) is 3.42. The number of para-hydroxylation sites is 2. The highest BCUT2D eigenvalue weighted by molar-refractivity contribution is 5.89. The number of carbonyl (C=O) groups excluding carboxylic acids is 1. The first-order valence-corrected chi connectivity index (χ1v) is 5.22. The fraction of sp³-hybridized carbons (Fsp3) is 0.182. The van der Waals surface area contributed by atoms with Crippen molar-refractivity contribution >= 4 is 11.6 Å². The molecule has 7 nitrogen and oxygen atoms in total. The highest BCUT2D eigenvalue weighted by Crippen LogP contribution is 2.20. The molecule has 2 rings (SSSR count). The van der Waals surface area contributed by atoms with E-state index in [1.807, 2.05) is 0 Å². The van der Waals surface area contributed by atoms with Crippen LogP contribution in [0.5, 0.6) is 5.75 Å². The number of nitrogens with zero attached hydrogens (tertiary/aromatic N) is 2. The molecule has 2 aromatic rings. The van der Waals surface area contributed by atoms with E-state index in [9.17, 15) is 4.79 Å². The number of aromatic nitrogens is 2. The zero-order valence-corrected chi connectivity index (χ0v) is 9.71. The molecule has 0 spiro atoms. The third-order valence-corrected chi connectivity index (χ3v) is 2.17. The van der Waals surface area contributed by atoms with Crippen LogP contribution < -0.4 is 15.8 Å². The summed E-state index contributed by atoms with van der Waals surface area (Å²) in [6.07, 6.45) is 0. The summed E-state index contributed by atoms with van der Waals surface area (Å²) in [6, 6.07) is 7.05. The van der Waals surface area contributed by atoms with E-state index in [-0.39, 0.29) is 18.3 Å². The van der Waals surface area contributed by atoms with E-state index in [1.54, 1.807) is 24.3 Å². The maximum atomic E-state index is 11.2. The Kier molecular flexibility index (Phi) is 3.42. The Labute approximate surface area is 103 Å². The Morgan fingerprint density at radius 2 is 2.28 bits per heavy atom. The van der Waals surface area contributed by atoms with Crippen molar-refractivity contribution in [1.82, 2.24) is 15.5 Å². The maximum absolute atomic E-state index is 11.2. The summed E-state index contributed by atoms with van der Waals surface area (Å²) in [5, 5.41) is 5.90. The molecule has 0 fully saturated rings. The molecule has 94 valence electrons. The van der Waals surface area contributed by atoms with Gasteiger partial charge < -0.3 is 20.3 Å². The van der Waals surface area contributed by atoms with Gasteiger partial charge in [0.1, 0.15) is 5.75 Å². The summed E-state index contributed by atoms with van der Waals surface area (Å²) in [7, 11) is 1.49. The van der Waals surface area contributed by atoms with Crippen LogP contribution in [0.1, 0.15) is 16.5 Å². The molecule has 1 heterocycles. The fourth-order valence-electron chi connectivity index (χ4n) is 1.27. The Hall–Kier alpha value is -2.57. The lowest BCUT2D eigenvalue weighted by Gasteiger charge is -2.05. The zero-order valence-electron chi connectivity index (χ0n) is 9.71. The number of anilines is 1. The topological polar surface area (TPSA) is 103 Å². The fourth-order valence-corrected chi connectivity index (χ4v) is 1.27. The molecule has 7 heteroatoms. The van der Waals surface area contributed by atoms with Gasteiger partial charge in [0.15, 0.2) is 6.61 Å². The zero-order chi connectivity index (χ0) is 13.0.